The summed E-state index contributed by atoms with van der Waals surface area (Å²) in [6.07, 6.45) is 5.63. The third kappa shape index (κ3) is 4.83. The smallest absolute Gasteiger partial charge is 0.00314 e. The second-order valence-electron chi connectivity index (χ2n) is 3.58. The Morgan fingerprint density at radius 2 is 1.92 bits per heavy atom. The van der Waals surface area contributed by atoms with E-state index >= 15 is 0 Å². The number of rotatable bonds is 3. The molecule has 1 heterocycles. The summed E-state index contributed by atoms with van der Waals surface area (Å²) in [4.78, 5) is 2.44. The fourth-order valence-corrected chi connectivity index (χ4v) is 2.04. The molecule has 0 saturated carbocycles. The molecule has 0 N–H and O–H groups in total. The largest absolute Gasteiger partial charge is 0.306 e. The number of piperidine rings is 1. The van der Waals surface area contributed by atoms with Gasteiger partial charge < -0.3 is 4.90 Å². The van der Waals surface area contributed by atoms with Crippen molar-refractivity contribution in [3.05, 3.63) is 0 Å². The van der Waals surface area contributed by atoms with Gasteiger partial charge in [-0.05, 0) is 51.7 Å². The molecule has 0 aromatic rings. The molecule has 74 valence electrons. The average molecular weight is 301 g/mol. The van der Waals surface area contributed by atoms with E-state index in [4.69, 9.17) is 0 Å². The van der Waals surface area contributed by atoms with Gasteiger partial charge in [-0.2, -0.15) is 0 Å². The van der Waals surface area contributed by atoms with Crippen molar-refractivity contribution >= 4 is 32.9 Å². The molecule has 1 saturated heterocycles. The van der Waals surface area contributed by atoms with Gasteiger partial charge in [0.05, 0.1) is 0 Å². The maximum absolute atomic E-state index is 3.48. The lowest BCUT2D eigenvalue weighted by Crippen LogP contribution is -2.30. The van der Waals surface area contributed by atoms with Crippen molar-refractivity contribution in [3.63, 3.8) is 0 Å². The highest BCUT2D eigenvalue weighted by molar-refractivity contribution is 9.09. The molecule has 0 spiro atoms. The van der Waals surface area contributed by atoms with Crippen LogP contribution in [0.1, 0.15) is 25.7 Å². The topological polar surface area (TPSA) is 3.24 Å². The van der Waals surface area contributed by atoms with Gasteiger partial charge in [0.1, 0.15) is 0 Å². The van der Waals surface area contributed by atoms with Crippen LogP contribution in [-0.4, -0.2) is 30.4 Å². The molecule has 1 aliphatic rings. The van der Waals surface area contributed by atoms with Crippen molar-refractivity contribution in [2.45, 2.75) is 25.7 Å². The Labute approximate surface area is 94.8 Å². The monoisotopic (exact) mass is 299 g/mol. The Morgan fingerprint density at radius 3 is 2.42 bits per heavy atom. The predicted molar refractivity (Wildman–Crippen MR) is 63.6 cm³/mol. The zero-order chi connectivity index (χ0) is 8.10. The van der Waals surface area contributed by atoms with Crippen molar-refractivity contribution < 1.29 is 0 Å². The molecular formula is C9H19Br2N. The summed E-state index contributed by atoms with van der Waals surface area (Å²) in [5.41, 5.74) is 0. The fourth-order valence-electron chi connectivity index (χ4n) is 1.72. The van der Waals surface area contributed by atoms with Crippen LogP contribution < -0.4 is 0 Å². The number of hydrogen-bond acceptors (Lipinski definition) is 1. The van der Waals surface area contributed by atoms with Crippen LogP contribution in [0, 0.1) is 5.92 Å². The summed E-state index contributed by atoms with van der Waals surface area (Å²) in [7, 11) is 2.22. The molecule has 1 rings (SSSR count). The number of alkyl halides is 1. The molecule has 1 fully saturated rings. The molecule has 1 nitrogen and oxygen atoms in total. The highest BCUT2D eigenvalue weighted by Gasteiger charge is 2.15. The summed E-state index contributed by atoms with van der Waals surface area (Å²) in [6.45, 7) is 2.62. The minimum absolute atomic E-state index is 0. The van der Waals surface area contributed by atoms with Crippen LogP contribution >= 0.6 is 32.9 Å². The SMILES string of the molecule is Br.CN1CCC(CCCBr)CC1. The third-order valence-corrected chi connectivity index (χ3v) is 3.14. The zero-order valence-corrected chi connectivity index (χ0v) is 11.1. The van der Waals surface area contributed by atoms with Crippen molar-refractivity contribution in [3.8, 4) is 0 Å². The van der Waals surface area contributed by atoms with Crippen LogP contribution in [0.4, 0.5) is 0 Å². The molecule has 0 unspecified atom stereocenters. The van der Waals surface area contributed by atoms with E-state index in [9.17, 15) is 0 Å². The van der Waals surface area contributed by atoms with Gasteiger partial charge in [0, 0.05) is 5.33 Å². The first-order valence-corrected chi connectivity index (χ1v) is 5.69. The predicted octanol–water partition coefficient (Wildman–Crippen LogP) is 3.08. The number of hydrogen-bond donors (Lipinski definition) is 0. The summed E-state index contributed by atoms with van der Waals surface area (Å²) in [6, 6.07) is 0. The highest BCUT2D eigenvalue weighted by atomic mass is 79.9. The van der Waals surface area contributed by atoms with E-state index in [1.807, 2.05) is 0 Å². The van der Waals surface area contributed by atoms with Crippen molar-refractivity contribution in [2.75, 3.05) is 25.5 Å². The number of nitrogens with zero attached hydrogens (tertiary/aromatic N) is 1. The molecule has 3 heteroatoms. The van der Waals surface area contributed by atoms with Crippen LogP contribution in [0.25, 0.3) is 0 Å². The Kier molecular flexibility index (Phi) is 7.90. The van der Waals surface area contributed by atoms with Crippen LogP contribution in [0.15, 0.2) is 0 Å². The van der Waals surface area contributed by atoms with E-state index in [0.29, 0.717) is 0 Å². The Bertz CT molecular complexity index is 97.9. The van der Waals surface area contributed by atoms with Crippen LogP contribution in [-0.2, 0) is 0 Å². The number of likely N-dealkylation sites (tertiary alicyclic amines) is 1. The van der Waals surface area contributed by atoms with Crippen molar-refractivity contribution in [2.24, 2.45) is 5.92 Å². The molecule has 0 bridgehead atoms. The van der Waals surface area contributed by atoms with Crippen molar-refractivity contribution in [1.82, 2.24) is 4.90 Å². The highest BCUT2D eigenvalue weighted by Crippen LogP contribution is 2.20. The first-order chi connectivity index (χ1) is 5.33. The Balaban J connectivity index is 0.00000121. The first kappa shape index (κ1) is 12.9. The number of halogens is 2. The minimum atomic E-state index is 0. The average Bonchev–Trinajstić information content (AvgIpc) is 2.04. The molecule has 12 heavy (non-hydrogen) atoms. The fraction of sp³-hybridized carbons (Fsp3) is 1.00. The van der Waals surface area contributed by atoms with Gasteiger partial charge in [-0.1, -0.05) is 15.9 Å². The first-order valence-electron chi connectivity index (χ1n) is 4.57. The van der Waals surface area contributed by atoms with Gasteiger partial charge >= 0.3 is 0 Å². The lowest BCUT2D eigenvalue weighted by atomic mass is 9.93. The maximum atomic E-state index is 3.48. The van der Waals surface area contributed by atoms with Crippen LogP contribution in [0.2, 0.25) is 0 Å². The minimum Gasteiger partial charge on any atom is -0.306 e. The second-order valence-corrected chi connectivity index (χ2v) is 4.37. The van der Waals surface area contributed by atoms with E-state index < -0.39 is 0 Å². The molecule has 0 amide bonds. The second kappa shape index (κ2) is 7.34. The lowest BCUT2D eigenvalue weighted by molar-refractivity contribution is 0.212. The van der Waals surface area contributed by atoms with Crippen LogP contribution in [0.3, 0.4) is 0 Å². The maximum Gasteiger partial charge on any atom is 0.00314 e. The van der Waals surface area contributed by atoms with E-state index in [-0.39, 0.29) is 17.0 Å². The normalized spacial score (nSPS) is 20.5. The quantitative estimate of drug-likeness (QED) is 0.724. The Hall–Kier alpha value is 0.920. The van der Waals surface area contributed by atoms with Gasteiger partial charge in [-0.15, -0.1) is 17.0 Å². The van der Waals surface area contributed by atoms with E-state index in [0.717, 1.165) is 5.92 Å². The summed E-state index contributed by atoms with van der Waals surface area (Å²) in [5, 5.41) is 1.18. The van der Waals surface area contributed by atoms with Gasteiger partial charge in [0.15, 0.2) is 0 Å². The molecule has 0 atom stereocenters. The van der Waals surface area contributed by atoms with Gasteiger partial charge in [-0.25, -0.2) is 0 Å². The molecule has 0 aliphatic carbocycles. The third-order valence-electron chi connectivity index (χ3n) is 2.58. The molecule has 0 radical (unpaired) electrons. The lowest BCUT2D eigenvalue weighted by Gasteiger charge is -2.28. The van der Waals surface area contributed by atoms with E-state index in [1.165, 1.54) is 44.1 Å². The molecular weight excluding hydrogens is 282 g/mol. The molecule has 1 aliphatic heterocycles. The van der Waals surface area contributed by atoms with E-state index in [2.05, 4.69) is 27.9 Å². The van der Waals surface area contributed by atoms with Crippen molar-refractivity contribution in [1.29, 1.82) is 0 Å². The van der Waals surface area contributed by atoms with Gasteiger partial charge in [0.2, 0.25) is 0 Å². The standard InChI is InChI=1S/C9H18BrN.BrH/c1-11-7-4-9(5-8-11)3-2-6-10;/h9H,2-8H2,1H3;1H. The summed E-state index contributed by atoms with van der Waals surface area (Å²) < 4.78 is 0. The Morgan fingerprint density at radius 1 is 1.33 bits per heavy atom. The summed E-state index contributed by atoms with van der Waals surface area (Å²) >= 11 is 3.48. The van der Waals surface area contributed by atoms with Gasteiger partial charge in [0.25, 0.3) is 0 Å². The molecule has 0 aromatic heterocycles. The van der Waals surface area contributed by atoms with E-state index in [1.54, 1.807) is 0 Å². The summed E-state index contributed by atoms with van der Waals surface area (Å²) in [5.74, 6) is 1.02. The molecule has 0 aromatic carbocycles. The zero-order valence-electron chi connectivity index (χ0n) is 7.76. The van der Waals surface area contributed by atoms with Gasteiger partial charge in [-0.3, -0.25) is 0 Å². The van der Waals surface area contributed by atoms with Crippen LogP contribution in [0.5, 0.6) is 0 Å².